The second-order valence-electron chi connectivity index (χ2n) is 7.85. The highest BCUT2D eigenvalue weighted by atomic mass is 32.2. The Morgan fingerprint density at radius 2 is 1.79 bits per heavy atom. The van der Waals surface area contributed by atoms with Crippen LogP contribution in [0.3, 0.4) is 0 Å². The van der Waals surface area contributed by atoms with Crippen molar-refractivity contribution in [1.82, 2.24) is 19.6 Å². The second-order valence-corrected chi connectivity index (χ2v) is 10.9. The lowest BCUT2D eigenvalue weighted by Crippen LogP contribution is -2.20. The topological polar surface area (TPSA) is 61.5 Å². The van der Waals surface area contributed by atoms with E-state index < -0.39 is 0 Å². The van der Waals surface area contributed by atoms with Crippen LogP contribution in [-0.4, -0.2) is 44.8 Å². The van der Waals surface area contributed by atoms with Crippen molar-refractivity contribution in [3.63, 3.8) is 0 Å². The third-order valence-electron chi connectivity index (χ3n) is 5.66. The number of benzene rings is 1. The third-order valence-corrected chi connectivity index (χ3v) is 8.82. The largest absolute Gasteiger partial charge is 0.352 e. The molecule has 6 nitrogen and oxygen atoms in total. The average molecular weight is 501 g/mol. The van der Waals surface area contributed by atoms with Crippen LogP contribution in [0, 0.1) is 0 Å². The molecule has 174 valence electrons. The molecule has 1 aliphatic carbocycles. The molecular weight excluding hydrogens is 472 g/mol. The zero-order valence-corrected chi connectivity index (χ0v) is 21.4. The molecule has 0 saturated heterocycles. The van der Waals surface area contributed by atoms with E-state index >= 15 is 0 Å². The normalized spacial score (nSPS) is 13.9. The fourth-order valence-corrected chi connectivity index (χ4v) is 7.37. The molecule has 3 aromatic heterocycles. The number of thioether (sulfide) groups is 2. The van der Waals surface area contributed by atoms with Gasteiger partial charge in [0, 0.05) is 23.8 Å². The number of aromatic nitrogens is 4. The summed E-state index contributed by atoms with van der Waals surface area (Å²) in [5.74, 6) is 1.51. The van der Waals surface area contributed by atoms with E-state index in [0.717, 1.165) is 39.4 Å². The summed E-state index contributed by atoms with van der Waals surface area (Å²) < 4.78 is 13.6. The van der Waals surface area contributed by atoms with E-state index in [1.807, 2.05) is 25.2 Å². The molecule has 0 atom stereocenters. The summed E-state index contributed by atoms with van der Waals surface area (Å²) in [5, 5.41) is 12.3. The van der Waals surface area contributed by atoms with Crippen LogP contribution in [0.1, 0.15) is 42.7 Å². The van der Waals surface area contributed by atoms with E-state index in [-0.39, 0.29) is 6.29 Å². The lowest BCUT2D eigenvalue weighted by Gasteiger charge is -2.16. The Hall–Kier alpha value is -1.65. The van der Waals surface area contributed by atoms with Crippen molar-refractivity contribution < 1.29 is 9.47 Å². The molecule has 4 aromatic rings. The fraction of sp³-hybridized carbons (Fsp3) is 0.458. The van der Waals surface area contributed by atoms with E-state index in [1.165, 1.54) is 34.2 Å². The summed E-state index contributed by atoms with van der Waals surface area (Å²) in [6.45, 7) is 5.21. The first-order valence-corrected chi connectivity index (χ1v) is 14.3. The van der Waals surface area contributed by atoms with Crippen molar-refractivity contribution in [3.8, 4) is 0 Å². The maximum atomic E-state index is 5.74. The standard InChI is InChI=1S/C24H28N4O2S3/c1-3-29-19(30-4-2)15-32-24-27-26-21-20-17-12-8-9-13-18(17)33-22(20)25-23(28(21)24)31-14-16-10-6-5-7-11-16/h5-7,10-11,19H,3-4,8-9,12-15H2,1-2H3. The molecule has 0 aliphatic heterocycles. The monoisotopic (exact) mass is 500 g/mol. The predicted molar refractivity (Wildman–Crippen MR) is 137 cm³/mol. The number of nitrogens with zero attached hydrogens (tertiary/aromatic N) is 4. The third kappa shape index (κ3) is 4.93. The summed E-state index contributed by atoms with van der Waals surface area (Å²) in [5.41, 5.74) is 3.64. The lowest BCUT2D eigenvalue weighted by atomic mass is 9.97. The smallest absolute Gasteiger partial charge is 0.197 e. The molecule has 1 aliphatic rings. The Morgan fingerprint density at radius 1 is 1.00 bits per heavy atom. The van der Waals surface area contributed by atoms with E-state index in [2.05, 4.69) is 44.9 Å². The molecule has 33 heavy (non-hydrogen) atoms. The SMILES string of the molecule is CCOC(CSc1nnc2c3c4c(sc3nc(SCc3ccccc3)n12)CCCC4)OCC. The molecule has 0 bridgehead atoms. The molecule has 1 aromatic carbocycles. The summed E-state index contributed by atoms with van der Waals surface area (Å²) >= 11 is 5.20. The van der Waals surface area contributed by atoms with Crippen LogP contribution < -0.4 is 0 Å². The first-order valence-electron chi connectivity index (χ1n) is 11.5. The summed E-state index contributed by atoms with van der Waals surface area (Å²) in [4.78, 5) is 7.71. The lowest BCUT2D eigenvalue weighted by molar-refractivity contribution is -0.120. The summed E-state index contributed by atoms with van der Waals surface area (Å²) in [7, 11) is 0. The highest BCUT2D eigenvalue weighted by molar-refractivity contribution is 7.99. The van der Waals surface area contributed by atoms with Crippen LogP contribution >= 0.6 is 34.9 Å². The van der Waals surface area contributed by atoms with Crippen molar-refractivity contribution in [2.24, 2.45) is 0 Å². The molecule has 5 rings (SSSR count). The van der Waals surface area contributed by atoms with Gasteiger partial charge in [-0.25, -0.2) is 9.38 Å². The van der Waals surface area contributed by atoms with Crippen LogP contribution in [0.4, 0.5) is 0 Å². The molecule has 9 heteroatoms. The van der Waals surface area contributed by atoms with Gasteiger partial charge in [0.25, 0.3) is 0 Å². The number of ether oxygens (including phenoxy) is 2. The highest BCUT2D eigenvalue weighted by Gasteiger charge is 2.24. The van der Waals surface area contributed by atoms with Gasteiger partial charge in [0.1, 0.15) is 4.83 Å². The number of fused-ring (bicyclic) bond motifs is 5. The maximum absolute atomic E-state index is 5.74. The fourth-order valence-electron chi connectivity index (χ4n) is 4.17. The van der Waals surface area contributed by atoms with E-state index in [4.69, 9.17) is 14.5 Å². The van der Waals surface area contributed by atoms with Gasteiger partial charge >= 0.3 is 0 Å². The molecular formula is C24H28N4O2S3. The Kier molecular flexibility index (Phi) is 7.52. The zero-order chi connectivity index (χ0) is 22.6. The maximum Gasteiger partial charge on any atom is 0.197 e. The van der Waals surface area contributed by atoms with Gasteiger partial charge in [-0.1, -0.05) is 53.9 Å². The van der Waals surface area contributed by atoms with Gasteiger partial charge in [0.15, 0.2) is 22.3 Å². The van der Waals surface area contributed by atoms with Crippen molar-refractivity contribution in [2.75, 3.05) is 19.0 Å². The van der Waals surface area contributed by atoms with Gasteiger partial charge in [0.2, 0.25) is 0 Å². The highest BCUT2D eigenvalue weighted by Crippen LogP contribution is 2.40. The van der Waals surface area contributed by atoms with E-state index in [9.17, 15) is 0 Å². The van der Waals surface area contributed by atoms with Crippen LogP contribution in [0.5, 0.6) is 0 Å². The van der Waals surface area contributed by atoms with Gasteiger partial charge in [-0.2, -0.15) is 0 Å². The minimum absolute atomic E-state index is 0.261. The van der Waals surface area contributed by atoms with Crippen molar-refractivity contribution in [1.29, 1.82) is 0 Å². The quantitative estimate of drug-likeness (QED) is 0.150. The molecule has 0 radical (unpaired) electrons. The van der Waals surface area contributed by atoms with Gasteiger partial charge in [-0.3, -0.25) is 0 Å². The van der Waals surface area contributed by atoms with Crippen LogP contribution in [-0.2, 0) is 28.1 Å². The van der Waals surface area contributed by atoms with Crippen molar-refractivity contribution >= 4 is 50.7 Å². The average Bonchev–Trinajstić information content (AvgIpc) is 3.43. The van der Waals surface area contributed by atoms with Crippen molar-refractivity contribution in [3.05, 3.63) is 46.3 Å². The van der Waals surface area contributed by atoms with Gasteiger partial charge in [-0.05, 0) is 50.7 Å². The zero-order valence-electron chi connectivity index (χ0n) is 19.0. The first-order chi connectivity index (χ1) is 16.3. The first kappa shape index (κ1) is 23.1. The van der Waals surface area contributed by atoms with E-state index in [0.29, 0.717) is 19.0 Å². The molecule has 0 N–H and O–H groups in total. The number of aryl methyl sites for hydroxylation is 2. The van der Waals surface area contributed by atoms with Gasteiger partial charge < -0.3 is 9.47 Å². The molecule has 0 amide bonds. The van der Waals surface area contributed by atoms with Gasteiger partial charge in [-0.15, -0.1) is 21.5 Å². The minimum atomic E-state index is -0.261. The van der Waals surface area contributed by atoms with Gasteiger partial charge in [0.05, 0.1) is 11.1 Å². The Morgan fingerprint density at radius 3 is 2.58 bits per heavy atom. The number of thiophene rings is 1. The molecule has 0 fully saturated rings. The number of hydrogen-bond acceptors (Lipinski definition) is 8. The number of rotatable bonds is 10. The summed E-state index contributed by atoms with van der Waals surface area (Å²) in [6, 6.07) is 10.5. The van der Waals surface area contributed by atoms with Crippen LogP contribution in [0.15, 0.2) is 40.6 Å². The number of hydrogen-bond donors (Lipinski definition) is 0. The minimum Gasteiger partial charge on any atom is -0.352 e. The molecule has 0 saturated carbocycles. The van der Waals surface area contributed by atoms with Crippen LogP contribution in [0.2, 0.25) is 0 Å². The Bertz CT molecular complexity index is 1220. The second kappa shape index (κ2) is 10.7. The predicted octanol–water partition coefficient (Wildman–Crippen LogP) is 6.00. The Balaban J connectivity index is 1.54. The molecule has 0 spiro atoms. The van der Waals surface area contributed by atoms with Crippen LogP contribution in [0.25, 0.3) is 15.9 Å². The van der Waals surface area contributed by atoms with E-state index in [1.54, 1.807) is 23.5 Å². The summed E-state index contributed by atoms with van der Waals surface area (Å²) in [6.07, 6.45) is 4.49. The Labute approximate surface area is 206 Å². The molecule has 3 heterocycles. The van der Waals surface area contributed by atoms with Crippen molar-refractivity contribution in [2.45, 2.75) is 61.9 Å². The molecule has 0 unspecified atom stereocenters.